The topological polar surface area (TPSA) is 80.0 Å². The quantitative estimate of drug-likeness (QED) is 0.494. The lowest BCUT2D eigenvalue weighted by atomic mass is 10.1. The van der Waals surface area contributed by atoms with Crippen LogP contribution in [-0.4, -0.2) is 61.7 Å². The van der Waals surface area contributed by atoms with Gasteiger partial charge in [-0.1, -0.05) is 30.3 Å². The summed E-state index contributed by atoms with van der Waals surface area (Å²) in [5.74, 6) is 0.627. The van der Waals surface area contributed by atoms with E-state index in [9.17, 15) is 4.79 Å². The molecule has 1 aliphatic rings. The molecule has 31 heavy (non-hydrogen) atoms. The predicted octanol–water partition coefficient (Wildman–Crippen LogP) is 3.06. The fourth-order valence-electron chi connectivity index (χ4n) is 3.61. The molecule has 156 valence electrons. The minimum absolute atomic E-state index is 0.0714. The molecule has 5 rings (SSSR count). The molecule has 1 aliphatic heterocycles. The van der Waals surface area contributed by atoms with Gasteiger partial charge in [-0.2, -0.15) is 5.10 Å². The van der Waals surface area contributed by atoms with Crippen molar-refractivity contribution in [3.8, 4) is 16.4 Å². The maximum Gasteiger partial charge on any atom is 0.274 e. The Kier molecular flexibility index (Phi) is 5.17. The number of carbonyl (C=O) groups is 1. The summed E-state index contributed by atoms with van der Waals surface area (Å²) >= 11 is 1.51. The Morgan fingerprint density at radius 3 is 2.42 bits per heavy atom. The second-order valence-electron chi connectivity index (χ2n) is 7.29. The molecule has 1 fully saturated rings. The molecule has 0 radical (unpaired) electrons. The van der Waals surface area contributed by atoms with Crippen LogP contribution in [0.1, 0.15) is 16.2 Å². The van der Waals surface area contributed by atoms with E-state index in [0.29, 0.717) is 37.8 Å². The van der Waals surface area contributed by atoms with Crippen LogP contribution in [0.3, 0.4) is 0 Å². The molecule has 1 saturated heterocycles. The summed E-state index contributed by atoms with van der Waals surface area (Å²) in [6, 6.07) is 13.6. The summed E-state index contributed by atoms with van der Waals surface area (Å²) in [4.78, 5) is 30.4. The second-order valence-corrected chi connectivity index (χ2v) is 8.13. The highest BCUT2D eigenvalue weighted by atomic mass is 32.1. The molecule has 0 aliphatic carbocycles. The summed E-state index contributed by atoms with van der Waals surface area (Å²) in [6.45, 7) is 4.52. The van der Waals surface area contributed by atoms with Gasteiger partial charge in [0.25, 0.3) is 5.91 Å². The zero-order chi connectivity index (χ0) is 21.2. The number of hydrogen-bond acceptors (Lipinski definition) is 7. The van der Waals surface area contributed by atoms with Crippen LogP contribution in [0.15, 0.2) is 60.2 Å². The number of nitrogens with zero attached hydrogens (tertiary/aromatic N) is 7. The van der Waals surface area contributed by atoms with Crippen molar-refractivity contribution >= 4 is 23.2 Å². The van der Waals surface area contributed by atoms with Crippen LogP contribution in [0.25, 0.3) is 16.4 Å². The summed E-state index contributed by atoms with van der Waals surface area (Å²) in [5.41, 5.74) is 3.21. The predicted molar refractivity (Wildman–Crippen MR) is 120 cm³/mol. The molecule has 0 spiro atoms. The van der Waals surface area contributed by atoms with Gasteiger partial charge >= 0.3 is 0 Å². The normalized spacial score (nSPS) is 14.1. The largest absolute Gasteiger partial charge is 0.337 e. The van der Waals surface area contributed by atoms with Gasteiger partial charge in [0, 0.05) is 49.5 Å². The van der Waals surface area contributed by atoms with E-state index in [2.05, 4.69) is 25.0 Å². The molecule has 0 bridgehead atoms. The van der Waals surface area contributed by atoms with E-state index in [-0.39, 0.29) is 5.91 Å². The summed E-state index contributed by atoms with van der Waals surface area (Å²) < 4.78 is 1.77. The van der Waals surface area contributed by atoms with E-state index < -0.39 is 0 Å². The molecule has 9 heteroatoms. The molecule has 1 aromatic carbocycles. The van der Waals surface area contributed by atoms with Crippen molar-refractivity contribution in [3.05, 3.63) is 71.6 Å². The Bertz CT molecular complexity index is 1180. The van der Waals surface area contributed by atoms with E-state index in [4.69, 9.17) is 0 Å². The molecule has 4 aromatic rings. The smallest absolute Gasteiger partial charge is 0.274 e. The van der Waals surface area contributed by atoms with Gasteiger partial charge in [0.1, 0.15) is 0 Å². The number of benzene rings is 1. The van der Waals surface area contributed by atoms with Crippen molar-refractivity contribution in [1.82, 2.24) is 29.6 Å². The number of hydrogen-bond donors (Lipinski definition) is 0. The van der Waals surface area contributed by atoms with Crippen molar-refractivity contribution in [2.45, 2.75) is 6.92 Å². The third-order valence-electron chi connectivity index (χ3n) is 5.19. The number of anilines is 1. The van der Waals surface area contributed by atoms with Crippen LogP contribution >= 0.6 is 11.3 Å². The van der Waals surface area contributed by atoms with Gasteiger partial charge in [0.2, 0.25) is 11.1 Å². The molecule has 0 unspecified atom stereocenters. The van der Waals surface area contributed by atoms with E-state index in [1.165, 1.54) is 11.3 Å². The van der Waals surface area contributed by atoms with Gasteiger partial charge in [-0.15, -0.1) is 11.3 Å². The molecule has 0 saturated carbocycles. The first-order valence-corrected chi connectivity index (χ1v) is 11.0. The average molecular weight is 432 g/mol. The SMILES string of the molecule is Cc1csc(-n2nc(C(=O)N3CCN(c4ncccn4)CC3)cc2-c2ccccc2)n1. The van der Waals surface area contributed by atoms with Crippen molar-refractivity contribution in [1.29, 1.82) is 0 Å². The zero-order valence-electron chi connectivity index (χ0n) is 17.0. The van der Waals surface area contributed by atoms with Crippen molar-refractivity contribution in [2.75, 3.05) is 31.1 Å². The highest BCUT2D eigenvalue weighted by Gasteiger charge is 2.26. The third kappa shape index (κ3) is 3.91. The molecule has 0 N–H and O–H groups in total. The maximum absolute atomic E-state index is 13.3. The van der Waals surface area contributed by atoms with Crippen LogP contribution < -0.4 is 4.90 Å². The second kappa shape index (κ2) is 8.27. The van der Waals surface area contributed by atoms with Crippen LogP contribution in [0.5, 0.6) is 0 Å². The number of piperazine rings is 1. The lowest BCUT2D eigenvalue weighted by Gasteiger charge is -2.34. The Morgan fingerprint density at radius 2 is 1.74 bits per heavy atom. The number of rotatable bonds is 4. The van der Waals surface area contributed by atoms with Crippen molar-refractivity contribution < 1.29 is 4.79 Å². The molecule has 1 amide bonds. The van der Waals surface area contributed by atoms with Crippen molar-refractivity contribution in [3.63, 3.8) is 0 Å². The number of aromatic nitrogens is 5. The van der Waals surface area contributed by atoms with E-state index >= 15 is 0 Å². The van der Waals surface area contributed by atoms with Gasteiger partial charge in [-0.25, -0.2) is 19.6 Å². The Hall–Kier alpha value is -3.59. The Labute approximate surface area is 183 Å². The third-order valence-corrected chi connectivity index (χ3v) is 6.12. The maximum atomic E-state index is 13.3. The first kappa shape index (κ1) is 19.4. The lowest BCUT2D eigenvalue weighted by molar-refractivity contribution is 0.0740. The van der Waals surface area contributed by atoms with Crippen LogP contribution in [0, 0.1) is 6.92 Å². The fraction of sp³-hybridized carbons (Fsp3) is 0.227. The molecular weight excluding hydrogens is 410 g/mol. The Morgan fingerprint density at radius 1 is 1.00 bits per heavy atom. The monoisotopic (exact) mass is 431 g/mol. The summed E-state index contributed by atoms with van der Waals surface area (Å²) in [5, 5.41) is 7.39. The first-order valence-electron chi connectivity index (χ1n) is 10.1. The fourth-order valence-corrected chi connectivity index (χ4v) is 4.38. The van der Waals surface area contributed by atoms with Gasteiger partial charge in [0.05, 0.1) is 11.4 Å². The number of thiazole rings is 1. The molecule has 0 atom stereocenters. The lowest BCUT2D eigenvalue weighted by Crippen LogP contribution is -2.49. The molecule has 4 heterocycles. The highest BCUT2D eigenvalue weighted by molar-refractivity contribution is 7.12. The van der Waals surface area contributed by atoms with Gasteiger partial charge in [-0.05, 0) is 19.1 Å². The van der Waals surface area contributed by atoms with E-state index in [1.54, 1.807) is 23.1 Å². The van der Waals surface area contributed by atoms with Gasteiger partial charge in [0.15, 0.2) is 5.69 Å². The number of aryl methyl sites for hydroxylation is 1. The first-order chi connectivity index (χ1) is 15.2. The van der Waals surface area contributed by atoms with Crippen LogP contribution in [0.4, 0.5) is 5.95 Å². The van der Waals surface area contributed by atoms with Crippen molar-refractivity contribution in [2.24, 2.45) is 0 Å². The van der Waals surface area contributed by atoms with Crippen LogP contribution in [0.2, 0.25) is 0 Å². The summed E-state index contributed by atoms with van der Waals surface area (Å²) in [7, 11) is 0. The number of amides is 1. The average Bonchev–Trinajstić information content (AvgIpc) is 3.46. The summed E-state index contributed by atoms with van der Waals surface area (Å²) in [6.07, 6.45) is 3.47. The van der Waals surface area contributed by atoms with Crippen LogP contribution in [-0.2, 0) is 0 Å². The standard InChI is InChI=1S/C22H21N7OS/c1-16-15-31-22(25-16)29-19(17-6-3-2-4-7-17)14-18(26-29)20(30)27-10-12-28(13-11-27)21-23-8-5-9-24-21/h2-9,14-15H,10-13H2,1H3. The number of carbonyl (C=O) groups excluding carboxylic acids is 1. The van der Waals surface area contributed by atoms with Gasteiger partial charge in [-0.3, -0.25) is 4.79 Å². The van der Waals surface area contributed by atoms with E-state index in [1.807, 2.05) is 53.6 Å². The molecule has 8 nitrogen and oxygen atoms in total. The van der Waals surface area contributed by atoms with Gasteiger partial charge < -0.3 is 9.80 Å². The molecule has 3 aromatic heterocycles. The zero-order valence-corrected chi connectivity index (χ0v) is 17.9. The van der Waals surface area contributed by atoms with E-state index in [0.717, 1.165) is 22.1 Å². The minimum atomic E-state index is -0.0714. The highest BCUT2D eigenvalue weighted by Crippen LogP contribution is 2.26. The minimum Gasteiger partial charge on any atom is -0.337 e. The Balaban J connectivity index is 1.40. The molecular formula is C22H21N7OS.